The summed E-state index contributed by atoms with van der Waals surface area (Å²) >= 11 is 0. The maximum absolute atomic E-state index is 12.8. The molecule has 0 unspecified atom stereocenters. The maximum atomic E-state index is 12.8. The Morgan fingerprint density at radius 3 is 2.50 bits per heavy atom. The Balaban J connectivity index is 1.61. The van der Waals surface area contributed by atoms with Crippen LogP contribution in [0.4, 0.5) is 0 Å². The topological polar surface area (TPSA) is 51.0 Å². The van der Waals surface area contributed by atoms with Gasteiger partial charge in [-0.15, -0.1) is 10.2 Å². The fourth-order valence-electron chi connectivity index (χ4n) is 3.12. The zero-order chi connectivity index (χ0) is 16.5. The van der Waals surface area contributed by atoms with E-state index in [0.717, 1.165) is 28.3 Å². The second-order valence-electron chi connectivity index (χ2n) is 6.00. The molecule has 0 saturated carbocycles. The summed E-state index contributed by atoms with van der Waals surface area (Å²) in [6, 6.07) is 17.7. The number of aryl methyl sites for hydroxylation is 1. The molecule has 0 atom stereocenters. The van der Waals surface area contributed by atoms with Gasteiger partial charge in [0, 0.05) is 24.2 Å². The average Bonchev–Trinajstić information content (AvgIpc) is 3.05. The van der Waals surface area contributed by atoms with Gasteiger partial charge in [0.05, 0.1) is 6.54 Å². The molecule has 5 heteroatoms. The molecule has 2 aromatic carbocycles. The number of nitrogens with zero attached hydrogens (tertiary/aromatic N) is 4. The molecule has 120 valence electrons. The van der Waals surface area contributed by atoms with Crippen LogP contribution in [-0.2, 0) is 13.1 Å². The molecule has 0 N–H and O–H groups in total. The minimum atomic E-state index is 0.0589. The Kier molecular flexibility index (Phi) is 3.61. The van der Waals surface area contributed by atoms with Crippen molar-refractivity contribution in [2.45, 2.75) is 20.0 Å². The van der Waals surface area contributed by atoms with Crippen LogP contribution >= 0.6 is 0 Å². The fraction of sp³-hybridized carbons (Fsp3) is 0.211. The van der Waals surface area contributed by atoms with Crippen molar-refractivity contribution in [3.05, 3.63) is 71.5 Å². The lowest BCUT2D eigenvalue weighted by Crippen LogP contribution is -2.38. The van der Waals surface area contributed by atoms with Crippen molar-refractivity contribution in [2.75, 3.05) is 6.54 Å². The monoisotopic (exact) mass is 318 g/mol. The lowest BCUT2D eigenvalue weighted by atomic mass is 10.1. The molecule has 1 aromatic heterocycles. The van der Waals surface area contributed by atoms with Gasteiger partial charge in [0.1, 0.15) is 0 Å². The van der Waals surface area contributed by atoms with Gasteiger partial charge in [-0.1, -0.05) is 48.5 Å². The molecule has 1 amide bonds. The van der Waals surface area contributed by atoms with Crippen molar-refractivity contribution >= 4 is 5.91 Å². The van der Waals surface area contributed by atoms with Crippen LogP contribution in [0.25, 0.3) is 11.4 Å². The van der Waals surface area contributed by atoms with Gasteiger partial charge < -0.3 is 9.47 Å². The van der Waals surface area contributed by atoms with Crippen molar-refractivity contribution in [3.63, 3.8) is 0 Å². The molecule has 0 saturated heterocycles. The minimum absolute atomic E-state index is 0.0589. The van der Waals surface area contributed by atoms with Crippen molar-refractivity contribution in [1.29, 1.82) is 0 Å². The summed E-state index contributed by atoms with van der Waals surface area (Å²) in [6.45, 7) is 3.84. The number of fused-ring (bicyclic) bond motifs is 1. The van der Waals surface area contributed by atoms with Crippen molar-refractivity contribution in [3.8, 4) is 11.4 Å². The van der Waals surface area contributed by atoms with Crippen LogP contribution in [-0.4, -0.2) is 32.1 Å². The van der Waals surface area contributed by atoms with E-state index >= 15 is 0 Å². The van der Waals surface area contributed by atoms with Gasteiger partial charge in [0.15, 0.2) is 11.6 Å². The second-order valence-corrected chi connectivity index (χ2v) is 6.00. The highest BCUT2D eigenvalue weighted by atomic mass is 16.2. The molecule has 0 bridgehead atoms. The first kappa shape index (κ1) is 14.6. The lowest BCUT2D eigenvalue weighted by molar-refractivity contribution is 0.0707. The molecule has 2 heterocycles. The highest BCUT2D eigenvalue weighted by Gasteiger charge is 2.26. The van der Waals surface area contributed by atoms with Gasteiger partial charge in [-0.25, -0.2) is 0 Å². The van der Waals surface area contributed by atoms with E-state index < -0.39 is 0 Å². The average molecular weight is 318 g/mol. The first-order chi connectivity index (χ1) is 11.7. The second kappa shape index (κ2) is 5.92. The molecule has 1 aliphatic rings. The third kappa shape index (κ3) is 2.48. The normalized spacial score (nSPS) is 13.6. The largest absolute Gasteiger partial charge is 0.329 e. The van der Waals surface area contributed by atoms with Crippen LogP contribution < -0.4 is 0 Å². The quantitative estimate of drug-likeness (QED) is 0.730. The highest BCUT2D eigenvalue weighted by Crippen LogP contribution is 2.22. The summed E-state index contributed by atoms with van der Waals surface area (Å²) in [6.07, 6.45) is 0. The molecule has 0 fully saturated rings. The predicted octanol–water partition coefficient (Wildman–Crippen LogP) is 2.91. The van der Waals surface area contributed by atoms with Gasteiger partial charge in [-0.2, -0.15) is 0 Å². The molecular weight excluding hydrogens is 300 g/mol. The fourth-order valence-corrected chi connectivity index (χ4v) is 3.12. The SMILES string of the molecule is Cc1ccccc1C(=O)N1CCn2c(nnc2-c2ccccc2)C1. The Hall–Kier alpha value is -2.95. The third-order valence-corrected chi connectivity index (χ3v) is 4.45. The Morgan fingerprint density at radius 1 is 0.958 bits per heavy atom. The van der Waals surface area contributed by atoms with E-state index in [1.165, 1.54) is 0 Å². The number of aromatic nitrogens is 3. The third-order valence-electron chi connectivity index (χ3n) is 4.45. The number of benzene rings is 2. The number of hydrogen-bond acceptors (Lipinski definition) is 3. The van der Waals surface area contributed by atoms with Gasteiger partial charge in [-0.3, -0.25) is 4.79 Å². The van der Waals surface area contributed by atoms with Crippen LogP contribution in [0.5, 0.6) is 0 Å². The van der Waals surface area contributed by atoms with Crippen LogP contribution in [0.3, 0.4) is 0 Å². The highest BCUT2D eigenvalue weighted by molar-refractivity contribution is 5.95. The minimum Gasteiger partial charge on any atom is -0.329 e. The first-order valence-electron chi connectivity index (χ1n) is 8.06. The van der Waals surface area contributed by atoms with Gasteiger partial charge in [-0.05, 0) is 18.6 Å². The molecular formula is C19H18N4O. The van der Waals surface area contributed by atoms with Crippen LogP contribution in [0, 0.1) is 6.92 Å². The summed E-state index contributed by atoms with van der Waals surface area (Å²) in [5, 5.41) is 8.63. The van der Waals surface area contributed by atoms with E-state index in [-0.39, 0.29) is 5.91 Å². The summed E-state index contributed by atoms with van der Waals surface area (Å²) in [5.74, 6) is 1.76. The summed E-state index contributed by atoms with van der Waals surface area (Å²) in [4.78, 5) is 14.6. The smallest absolute Gasteiger partial charge is 0.254 e. The van der Waals surface area contributed by atoms with Crippen LogP contribution in [0.2, 0.25) is 0 Å². The van der Waals surface area contributed by atoms with E-state index in [9.17, 15) is 4.79 Å². The Labute approximate surface area is 140 Å². The van der Waals surface area contributed by atoms with Gasteiger partial charge >= 0.3 is 0 Å². The summed E-state index contributed by atoms with van der Waals surface area (Å²) in [7, 11) is 0. The summed E-state index contributed by atoms with van der Waals surface area (Å²) in [5.41, 5.74) is 2.81. The Bertz CT molecular complexity index is 885. The first-order valence-corrected chi connectivity index (χ1v) is 8.06. The molecule has 24 heavy (non-hydrogen) atoms. The number of hydrogen-bond donors (Lipinski definition) is 0. The molecule has 5 nitrogen and oxygen atoms in total. The number of carbonyl (C=O) groups excluding carboxylic acids is 1. The lowest BCUT2D eigenvalue weighted by Gasteiger charge is -2.28. The Morgan fingerprint density at radius 2 is 1.71 bits per heavy atom. The van der Waals surface area contributed by atoms with Crippen molar-refractivity contribution < 1.29 is 4.79 Å². The molecule has 0 spiro atoms. The number of rotatable bonds is 2. The maximum Gasteiger partial charge on any atom is 0.254 e. The summed E-state index contributed by atoms with van der Waals surface area (Å²) < 4.78 is 2.11. The van der Waals surface area contributed by atoms with E-state index in [1.807, 2.05) is 66.4 Å². The van der Waals surface area contributed by atoms with Crippen molar-refractivity contribution in [2.24, 2.45) is 0 Å². The number of amides is 1. The van der Waals surface area contributed by atoms with Gasteiger partial charge in [0.25, 0.3) is 5.91 Å². The van der Waals surface area contributed by atoms with E-state index in [0.29, 0.717) is 19.6 Å². The van der Waals surface area contributed by atoms with Crippen molar-refractivity contribution in [1.82, 2.24) is 19.7 Å². The standard InChI is InChI=1S/C19H18N4O/c1-14-7-5-6-10-16(14)19(24)22-11-12-23-17(13-22)20-21-18(23)15-8-3-2-4-9-15/h2-10H,11-13H2,1H3. The number of carbonyl (C=O) groups is 1. The molecule has 0 aliphatic carbocycles. The molecule has 3 aromatic rings. The molecule has 0 radical (unpaired) electrons. The van der Waals surface area contributed by atoms with Crippen LogP contribution in [0.1, 0.15) is 21.7 Å². The van der Waals surface area contributed by atoms with E-state index in [2.05, 4.69) is 14.8 Å². The molecule has 1 aliphatic heterocycles. The van der Waals surface area contributed by atoms with Crippen LogP contribution in [0.15, 0.2) is 54.6 Å². The van der Waals surface area contributed by atoms with E-state index in [1.54, 1.807) is 0 Å². The molecule has 4 rings (SSSR count). The van der Waals surface area contributed by atoms with E-state index in [4.69, 9.17) is 0 Å². The zero-order valence-electron chi connectivity index (χ0n) is 13.5. The predicted molar refractivity (Wildman–Crippen MR) is 91.4 cm³/mol. The van der Waals surface area contributed by atoms with Gasteiger partial charge in [0.2, 0.25) is 0 Å². The zero-order valence-corrected chi connectivity index (χ0v) is 13.5.